The monoisotopic (exact) mass is 283 g/mol. The summed E-state index contributed by atoms with van der Waals surface area (Å²) >= 11 is 3.36. The Morgan fingerprint density at radius 1 is 1.44 bits per heavy atom. The van der Waals surface area contributed by atoms with Crippen molar-refractivity contribution < 1.29 is 4.39 Å². The van der Waals surface area contributed by atoms with Crippen molar-refractivity contribution in [1.82, 2.24) is 0 Å². The molecule has 0 spiro atoms. The van der Waals surface area contributed by atoms with Crippen LogP contribution < -0.4 is 5.73 Å². The van der Waals surface area contributed by atoms with E-state index in [-0.39, 0.29) is 11.9 Å². The standard InChI is InChI=1S/C13H15BrFN/c14-11-3-6-13(15)10(8-11)7-9-1-4-12(16)5-2-9/h1,3,6,8,12H,2,4-5,7,16H2. The molecule has 1 nitrogen and oxygen atoms in total. The highest BCUT2D eigenvalue weighted by molar-refractivity contribution is 9.10. The van der Waals surface area contributed by atoms with Gasteiger partial charge in [-0.25, -0.2) is 4.39 Å². The molecule has 0 saturated carbocycles. The number of allylic oxidation sites excluding steroid dienone is 1. The van der Waals surface area contributed by atoms with E-state index < -0.39 is 0 Å². The maximum atomic E-state index is 13.5. The Labute approximate surface area is 104 Å². The van der Waals surface area contributed by atoms with E-state index in [1.165, 1.54) is 11.6 Å². The summed E-state index contributed by atoms with van der Waals surface area (Å²) in [6.45, 7) is 0. The van der Waals surface area contributed by atoms with Crippen LogP contribution in [0.25, 0.3) is 0 Å². The molecule has 0 aromatic heterocycles. The fourth-order valence-corrected chi connectivity index (χ4v) is 2.40. The molecule has 86 valence electrons. The van der Waals surface area contributed by atoms with Crippen LogP contribution in [0.2, 0.25) is 0 Å². The number of benzene rings is 1. The molecule has 0 fully saturated rings. The van der Waals surface area contributed by atoms with Gasteiger partial charge in [0.05, 0.1) is 0 Å². The number of hydrogen-bond donors (Lipinski definition) is 1. The van der Waals surface area contributed by atoms with Gasteiger partial charge in [0, 0.05) is 10.5 Å². The van der Waals surface area contributed by atoms with E-state index in [1.54, 1.807) is 6.07 Å². The number of hydrogen-bond acceptors (Lipinski definition) is 1. The third kappa shape index (κ3) is 2.92. The molecule has 2 rings (SSSR count). The summed E-state index contributed by atoms with van der Waals surface area (Å²) in [7, 11) is 0. The van der Waals surface area contributed by atoms with Crippen molar-refractivity contribution in [2.45, 2.75) is 31.7 Å². The van der Waals surface area contributed by atoms with Gasteiger partial charge >= 0.3 is 0 Å². The molecule has 1 atom stereocenters. The van der Waals surface area contributed by atoms with Crippen LogP contribution in [0.15, 0.2) is 34.3 Å². The van der Waals surface area contributed by atoms with Gasteiger partial charge < -0.3 is 5.73 Å². The van der Waals surface area contributed by atoms with Gasteiger partial charge in [-0.3, -0.25) is 0 Å². The first kappa shape index (κ1) is 11.8. The van der Waals surface area contributed by atoms with E-state index in [0.29, 0.717) is 6.42 Å². The second-order valence-corrected chi connectivity index (χ2v) is 5.23. The summed E-state index contributed by atoms with van der Waals surface area (Å²) < 4.78 is 14.5. The molecule has 0 amide bonds. The Kier molecular flexibility index (Phi) is 3.77. The molecule has 0 radical (unpaired) electrons. The lowest BCUT2D eigenvalue weighted by atomic mass is 9.91. The predicted octanol–water partition coefficient (Wildman–Crippen LogP) is 3.57. The SMILES string of the molecule is NC1CC=C(Cc2cc(Br)ccc2F)CC1. The minimum Gasteiger partial charge on any atom is -0.327 e. The average molecular weight is 284 g/mol. The Hall–Kier alpha value is -0.670. The third-order valence-corrected chi connectivity index (χ3v) is 3.46. The second kappa shape index (κ2) is 5.11. The van der Waals surface area contributed by atoms with Crippen LogP contribution in [-0.4, -0.2) is 6.04 Å². The van der Waals surface area contributed by atoms with E-state index in [2.05, 4.69) is 22.0 Å². The molecule has 0 aliphatic heterocycles. The van der Waals surface area contributed by atoms with Crippen LogP contribution in [0.5, 0.6) is 0 Å². The smallest absolute Gasteiger partial charge is 0.126 e. The third-order valence-electron chi connectivity index (χ3n) is 2.97. The van der Waals surface area contributed by atoms with Gasteiger partial charge in [-0.15, -0.1) is 0 Å². The number of rotatable bonds is 2. The largest absolute Gasteiger partial charge is 0.327 e. The highest BCUT2D eigenvalue weighted by Crippen LogP contribution is 2.23. The minimum atomic E-state index is -0.126. The first-order chi connectivity index (χ1) is 7.65. The van der Waals surface area contributed by atoms with E-state index >= 15 is 0 Å². The topological polar surface area (TPSA) is 26.0 Å². The summed E-state index contributed by atoms with van der Waals surface area (Å²) in [5.74, 6) is -0.126. The van der Waals surface area contributed by atoms with Crippen molar-refractivity contribution in [3.8, 4) is 0 Å². The molecule has 1 aliphatic carbocycles. The summed E-state index contributed by atoms with van der Waals surface area (Å²) in [4.78, 5) is 0. The van der Waals surface area contributed by atoms with Crippen LogP contribution in [0.4, 0.5) is 4.39 Å². The van der Waals surface area contributed by atoms with Crippen LogP contribution in [0.3, 0.4) is 0 Å². The molecule has 16 heavy (non-hydrogen) atoms. The zero-order chi connectivity index (χ0) is 11.5. The quantitative estimate of drug-likeness (QED) is 0.825. The van der Waals surface area contributed by atoms with E-state index in [4.69, 9.17) is 5.73 Å². The highest BCUT2D eigenvalue weighted by Gasteiger charge is 2.12. The summed E-state index contributed by atoms with van der Waals surface area (Å²) in [5.41, 5.74) is 7.88. The zero-order valence-corrected chi connectivity index (χ0v) is 10.6. The van der Waals surface area contributed by atoms with Crippen molar-refractivity contribution in [3.05, 3.63) is 45.7 Å². The Morgan fingerprint density at radius 3 is 2.94 bits per heavy atom. The molecule has 0 bridgehead atoms. The summed E-state index contributed by atoms with van der Waals surface area (Å²) in [5, 5.41) is 0. The molecule has 0 saturated heterocycles. The number of nitrogens with two attached hydrogens (primary N) is 1. The van der Waals surface area contributed by atoms with Crippen LogP contribution >= 0.6 is 15.9 Å². The van der Waals surface area contributed by atoms with Gasteiger partial charge in [0.1, 0.15) is 5.82 Å². The lowest BCUT2D eigenvalue weighted by Crippen LogP contribution is -2.22. The average Bonchev–Trinajstić information content (AvgIpc) is 2.27. The predicted molar refractivity (Wildman–Crippen MR) is 67.7 cm³/mol. The van der Waals surface area contributed by atoms with Gasteiger partial charge in [0.2, 0.25) is 0 Å². The van der Waals surface area contributed by atoms with Crippen molar-refractivity contribution in [3.63, 3.8) is 0 Å². The fraction of sp³-hybridized carbons (Fsp3) is 0.385. The van der Waals surface area contributed by atoms with Crippen molar-refractivity contribution >= 4 is 15.9 Å². The van der Waals surface area contributed by atoms with Gasteiger partial charge in [0.25, 0.3) is 0 Å². The molecule has 0 heterocycles. The first-order valence-corrected chi connectivity index (χ1v) is 6.32. The molecule has 1 unspecified atom stereocenters. The van der Waals surface area contributed by atoms with E-state index in [1.807, 2.05) is 6.07 Å². The second-order valence-electron chi connectivity index (χ2n) is 4.31. The van der Waals surface area contributed by atoms with E-state index in [0.717, 1.165) is 29.3 Å². The molecule has 3 heteroatoms. The maximum Gasteiger partial charge on any atom is 0.126 e. The van der Waals surface area contributed by atoms with Crippen LogP contribution in [0, 0.1) is 5.82 Å². The fourth-order valence-electron chi connectivity index (χ4n) is 1.99. The Morgan fingerprint density at radius 2 is 2.25 bits per heavy atom. The minimum absolute atomic E-state index is 0.126. The Balaban J connectivity index is 2.12. The molecular formula is C13H15BrFN. The van der Waals surface area contributed by atoms with Crippen molar-refractivity contribution in [1.29, 1.82) is 0 Å². The zero-order valence-electron chi connectivity index (χ0n) is 9.05. The first-order valence-electron chi connectivity index (χ1n) is 5.52. The van der Waals surface area contributed by atoms with Gasteiger partial charge in [-0.05, 0) is 49.4 Å². The van der Waals surface area contributed by atoms with Crippen LogP contribution in [-0.2, 0) is 6.42 Å². The normalized spacial score (nSPS) is 20.7. The lowest BCUT2D eigenvalue weighted by molar-refractivity contribution is 0.575. The van der Waals surface area contributed by atoms with Gasteiger partial charge in [-0.1, -0.05) is 27.6 Å². The molecular weight excluding hydrogens is 269 g/mol. The van der Waals surface area contributed by atoms with Crippen LogP contribution in [0.1, 0.15) is 24.8 Å². The van der Waals surface area contributed by atoms with Crippen molar-refractivity contribution in [2.75, 3.05) is 0 Å². The highest BCUT2D eigenvalue weighted by atomic mass is 79.9. The van der Waals surface area contributed by atoms with Crippen molar-refractivity contribution in [2.24, 2.45) is 5.73 Å². The lowest BCUT2D eigenvalue weighted by Gasteiger charge is -2.18. The summed E-state index contributed by atoms with van der Waals surface area (Å²) in [6.07, 6.45) is 5.80. The summed E-state index contributed by atoms with van der Waals surface area (Å²) in [6, 6.07) is 5.37. The van der Waals surface area contributed by atoms with E-state index in [9.17, 15) is 4.39 Å². The van der Waals surface area contributed by atoms with Gasteiger partial charge in [-0.2, -0.15) is 0 Å². The maximum absolute atomic E-state index is 13.5. The molecule has 2 N–H and O–H groups in total. The van der Waals surface area contributed by atoms with Gasteiger partial charge in [0.15, 0.2) is 0 Å². The molecule has 1 aromatic rings. The Bertz CT molecular complexity index is 414. The molecule has 1 aromatic carbocycles. The molecule has 1 aliphatic rings. The number of halogens is 2.